The van der Waals surface area contributed by atoms with E-state index in [1.807, 2.05) is 67.6 Å². The van der Waals surface area contributed by atoms with Gasteiger partial charge in [0.15, 0.2) is 0 Å². The number of amides is 2. The van der Waals surface area contributed by atoms with Crippen molar-refractivity contribution in [1.29, 1.82) is 0 Å². The SMILES string of the molecule is CCCC(=O)NC(COCc1ccccc1)C(=O)Nc1ccc(Oc2ccccc2)cc1. The van der Waals surface area contributed by atoms with Gasteiger partial charge in [-0.25, -0.2) is 0 Å². The van der Waals surface area contributed by atoms with E-state index in [0.29, 0.717) is 30.9 Å². The van der Waals surface area contributed by atoms with Crippen molar-refractivity contribution in [2.75, 3.05) is 11.9 Å². The van der Waals surface area contributed by atoms with Crippen LogP contribution in [0, 0.1) is 0 Å². The number of carbonyl (C=O) groups is 2. The minimum atomic E-state index is -0.794. The molecule has 0 aliphatic heterocycles. The Morgan fingerprint density at radius 2 is 1.47 bits per heavy atom. The Kier molecular flexibility index (Phi) is 8.83. The van der Waals surface area contributed by atoms with Gasteiger partial charge in [-0.05, 0) is 48.4 Å². The molecule has 1 unspecified atom stereocenters. The highest BCUT2D eigenvalue weighted by Gasteiger charge is 2.21. The fourth-order valence-corrected chi connectivity index (χ4v) is 3.01. The first-order valence-corrected chi connectivity index (χ1v) is 10.7. The predicted molar refractivity (Wildman–Crippen MR) is 125 cm³/mol. The average Bonchev–Trinajstić information content (AvgIpc) is 2.81. The molecule has 2 N–H and O–H groups in total. The van der Waals surface area contributed by atoms with Crippen molar-refractivity contribution in [2.45, 2.75) is 32.4 Å². The molecule has 2 amide bonds. The Morgan fingerprint density at radius 3 is 2.12 bits per heavy atom. The van der Waals surface area contributed by atoms with Crippen molar-refractivity contribution >= 4 is 17.5 Å². The lowest BCUT2D eigenvalue weighted by Crippen LogP contribution is -2.46. The van der Waals surface area contributed by atoms with E-state index in [9.17, 15) is 9.59 Å². The minimum absolute atomic E-state index is 0.0748. The highest BCUT2D eigenvalue weighted by Crippen LogP contribution is 2.22. The molecule has 1 atom stereocenters. The molecule has 0 bridgehead atoms. The molecule has 166 valence electrons. The van der Waals surface area contributed by atoms with Gasteiger partial charge in [0.1, 0.15) is 17.5 Å². The lowest BCUT2D eigenvalue weighted by atomic mass is 10.2. The number of carbonyl (C=O) groups excluding carboxylic acids is 2. The van der Waals surface area contributed by atoms with E-state index in [0.717, 1.165) is 11.3 Å². The molecule has 3 aromatic rings. The topological polar surface area (TPSA) is 76.7 Å². The van der Waals surface area contributed by atoms with Gasteiger partial charge in [-0.1, -0.05) is 55.5 Å². The fraction of sp³-hybridized carbons (Fsp3) is 0.231. The van der Waals surface area contributed by atoms with E-state index in [1.165, 1.54) is 0 Å². The first-order valence-electron chi connectivity index (χ1n) is 10.7. The van der Waals surface area contributed by atoms with Crippen LogP contribution in [-0.4, -0.2) is 24.5 Å². The first kappa shape index (κ1) is 23.0. The summed E-state index contributed by atoms with van der Waals surface area (Å²) in [6, 6.07) is 25.4. The van der Waals surface area contributed by atoms with Crippen molar-refractivity contribution < 1.29 is 19.1 Å². The second kappa shape index (κ2) is 12.3. The number of rotatable bonds is 11. The molecule has 6 nitrogen and oxygen atoms in total. The second-order valence-electron chi connectivity index (χ2n) is 7.30. The van der Waals surface area contributed by atoms with Crippen LogP contribution >= 0.6 is 0 Å². The summed E-state index contributed by atoms with van der Waals surface area (Å²) in [6.07, 6.45) is 1.06. The van der Waals surface area contributed by atoms with Gasteiger partial charge in [-0.2, -0.15) is 0 Å². The van der Waals surface area contributed by atoms with Crippen LogP contribution < -0.4 is 15.4 Å². The molecule has 0 aliphatic rings. The zero-order chi connectivity index (χ0) is 22.6. The third kappa shape index (κ3) is 7.56. The normalized spacial score (nSPS) is 11.4. The highest BCUT2D eigenvalue weighted by molar-refractivity contribution is 5.97. The van der Waals surface area contributed by atoms with E-state index in [1.54, 1.807) is 24.3 Å². The van der Waals surface area contributed by atoms with E-state index in [2.05, 4.69) is 10.6 Å². The zero-order valence-electron chi connectivity index (χ0n) is 18.1. The van der Waals surface area contributed by atoms with Crippen molar-refractivity contribution in [3.8, 4) is 11.5 Å². The third-order valence-corrected chi connectivity index (χ3v) is 4.63. The summed E-state index contributed by atoms with van der Waals surface area (Å²) in [5, 5.41) is 5.61. The molecule has 0 saturated carbocycles. The summed E-state index contributed by atoms with van der Waals surface area (Å²) in [6.45, 7) is 2.35. The molecule has 0 saturated heterocycles. The maximum Gasteiger partial charge on any atom is 0.249 e. The molecule has 3 rings (SSSR count). The highest BCUT2D eigenvalue weighted by atomic mass is 16.5. The van der Waals surface area contributed by atoms with Crippen molar-refractivity contribution in [2.24, 2.45) is 0 Å². The number of hydrogen-bond acceptors (Lipinski definition) is 4. The number of para-hydroxylation sites is 1. The molecule has 0 aromatic heterocycles. The smallest absolute Gasteiger partial charge is 0.249 e. The summed E-state index contributed by atoms with van der Waals surface area (Å²) in [5.74, 6) is 0.883. The van der Waals surface area contributed by atoms with Gasteiger partial charge >= 0.3 is 0 Å². The third-order valence-electron chi connectivity index (χ3n) is 4.63. The number of anilines is 1. The molecular weight excluding hydrogens is 404 g/mol. The molecule has 0 fully saturated rings. The van der Waals surface area contributed by atoms with Crippen molar-refractivity contribution in [3.63, 3.8) is 0 Å². The van der Waals surface area contributed by atoms with Crippen LogP contribution in [0.2, 0.25) is 0 Å². The van der Waals surface area contributed by atoms with Crippen LogP contribution in [0.25, 0.3) is 0 Å². The Labute approximate surface area is 188 Å². The molecule has 0 spiro atoms. The van der Waals surface area contributed by atoms with E-state index in [4.69, 9.17) is 9.47 Å². The molecular formula is C26H28N2O4. The van der Waals surface area contributed by atoms with Crippen LogP contribution in [0.15, 0.2) is 84.9 Å². The van der Waals surface area contributed by atoms with Crippen LogP contribution in [0.1, 0.15) is 25.3 Å². The van der Waals surface area contributed by atoms with Crippen molar-refractivity contribution in [1.82, 2.24) is 5.32 Å². The van der Waals surface area contributed by atoms with Gasteiger partial charge in [0.05, 0.1) is 13.2 Å². The summed E-state index contributed by atoms with van der Waals surface area (Å²) in [5.41, 5.74) is 1.61. The number of benzene rings is 3. The first-order chi connectivity index (χ1) is 15.6. The Balaban J connectivity index is 1.58. The molecule has 0 aliphatic carbocycles. The Morgan fingerprint density at radius 1 is 0.844 bits per heavy atom. The number of hydrogen-bond donors (Lipinski definition) is 2. The number of nitrogens with one attached hydrogen (secondary N) is 2. The second-order valence-corrected chi connectivity index (χ2v) is 7.30. The Bertz CT molecular complexity index is 976. The predicted octanol–water partition coefficient (Wildman–Crippen LogP) is 4.92. The largest absolute Gasteiger partial charge is 0.457 e. The fourth-order valence-electron chi connectivity index (χ4n) is 3.01. The minimum Gasteiger partial charge on any atom is -0.457 e. The monoisotopic (exact) mass is 432 g/mol. The van der Waals surface area contributed by atoms with Gasteiger partial charge in [0, 0.05) is 12.1 Å². The van der Waals surface area contributed by atoms with Gasteiger partial charge in [-0.3, -0.25) is 9.59 Å². The lowest BCUT2D eigenvalue weighted by molar-refractivity contribution is -0.128. The quantitative estimate of drug-likeness (QED) is 0.451. The Hall–Kier alpha value is -3.64. The molecule has 32 heavy (non-hydrogen) atoms. The average molecular weight is 433 g/mol. The van der Waals surface area contributed by atoms with Gasteiger partial charge in [-0.15, -0.1) is 0 Å². The van der Waals surface area contributed by atoms with Gasteiger partial charge in [0.2, 0.25) is 11.8 Å². The van der Waals surface area contributed by atoms with Crippen LogP contribution in [-0.2, 0) is 20.9 Å². The molecule has 3 aromatic carbocycles. The summed E-state index contributed by atoms with van der Waals surface area (Å²) in [4.78, 5) is 24.9. The summed E-state index contributed by atoms with van der Waals surface area (Å²) >= 11 is 0. The zero-order valence-corrected chi connectivity index (χ0v) is 18.1. The number of ether oxygens (including phenoxy) is 2. The molecule has 0 heterocycles. The lowest BCUT2D eigenvalue weighted by Gasteiger charge is -2.19. The maximum absolute atomic E-state index is 12.8. The molecule has 0 radical (unpaired) electrons. The van der Waals surface area contributed by atoms with Gasteiger partial charge in [0.25, 0.3) is 0 Å². The van der Waals surface area contributed by atoms with E-state index >= 15 is 0 Å². The van der Waals surface area contributed by atoms with Crippen molar-refractivity contribution in [3.05, 3.63) is 90.5 Å². The van der Waals surface area contributed by atoms with Crippen LogP contribution in [0.5, 0.6) is 11.5 Å². The summed E-state index contributed by atoms with van der Waals surface area (Å²) in [7, 11) is 0. The van der Waals surface area contributed by atoms with Crippen LogP contribution in [0.4, 0.5) is 5.69 Å². The van der Waals surface area contributed by atoms with E-state index in [-0.39, 0.29) is 18.4 Å². The van der Waals surface area contributed by atoms with Crippen LogP contribution in [0.3, 0.4) is 0 Å². The van der Waals surface area contributed by atoms with Gasteiger partial charge < -0.3 is 20.1 Å². The van der Waals surface area contributed by atoms with E-state index < -0.39 is 6.04 Å². The molecule has 6 heteroatoms. The maximum atomic E-state index is 12.8. The standard InChI is InChI=1S/C26H28N2O4/c1-2-9-25(29)28-24(19-31-18-20-10-5-3-6-11-20)26(30)27-21-14-16-23(17-15-21)32-22-12-7-4-8-13-22/h3-8,10-17,24H,2,9,18-19H2,1H3,(H,27,30)(H,28,29). The summed E-state index contributed by atoms with van der Waals surface area (Å²) < 4.78 is 11.5.